The Balaban J connectivity index is 1.64. The number of benzene rings is 2. The summed E-state index contributed by atoms with van der Waals surface area (Å²) in [4.78, 5) is 27.7. The average Bonchev–Trinajstić information content (AvgIpc) is 3.36. The van der Waals surface area contributed by atoms with Gasteiger partial charge in [-0.1, -0.05) is 66.0 Å². The van der Waals surface area contributed by atoms with Gasteiger partial charge in [-0.05, 0) is 41.8 Å². The van der Waals surface area contributed by atoms with Gasteiger partial charge in [-0.15, -0.1) is 10.2 Å². The predicted octanol–water partition coefficient (Wildman–Crippen LogP) is 3.68. The Morgan fingerprint density at radius 3 is 2.40 bits per heavy atom. The number of hydrogen-bond donors (Lipinski definition) is 2. The fourth-order valence-corrected chi connectivity index (χ4v) is 4.60. The molecule has 0 aliphatic carbocycles. The molecule has 2 heterocycles. The van der Waals surface area contributed by atoms with Crippen molar-refractivity contribution >= 4 is 35.0 Å². The first-order chi connectivity index (χ1) is 17.0. The summed E-state index contributed by atoms with van der Waals surface area (Å²) < 4.78 is 6.09. The van der Waals surface area contributed by atoms with E-state index in [0.717, 1.165) is 17.5 Å². The number of hydrogen-bond acceptors (Lipinski definition) is 6. The van der Waals surface area contributed by atoms with E-state index in [2.05, 4.69) is 25.9 Å². The molecule has 1 aliphatic rings. The number of halogens is 2. The van der Waals surface area contributed by atoms with Crippen molar-refractivity contribution in [3.8, 4) is 0 Å². The highest BCUT2D eigenvalue weighted by Gasteiger charge is 2.42. The number of aromatic amines is 1. The number of amides is 2. The van der Waals surface area contributed by atoms with Gasteiger partial charge in [0, 0.05) is 22.6 Å². The maximum atomic E-state index is 13.3. The zero-order valence-corrected chi connectivity index (χ0v) is 20.7. The van der Waals surface area contributed by atoms with Crippen LogP contribution in [-0.2, 0) is 20.7 Å². The lowest BCUT2D eigenvalue weighted by Gasteiger charge is -2.45. The molecule has 0 bridgehead atoms. The minimum Gasteiger partial charge on any atom is -0.361 e. The van der Waals surface area contributed by atoms with Gasteiger partial charge in [0.15, 0.2) is 5.82 Å². The molecule has 1 aromatic heterocycles. The van der Waals surface area contributed by atoms with Crippen LogP contribution in [0.2, 0.25) is 10.0 Å². The smallest absolute Gasteiger partial charge is 0.249 e. The van der Waals surface area contributed by atoms with Crippen molar-refractivity contribution < 1.29 is 14.3 Å². The Kier molecular flexibility index (Phi) is 8.33. The second-order valence-electron chi connectivity index (χ2n) is 8.33. The fraction of sp³-hybridized carbons (Fsp3) is 0.375. The third kappa shape index (κ3) is 6.17. The Morgan fingerprint density at radius 2 is 1.80 bits per heavy atom. The molecule has 0 radical (unpaired) electrons. The third-order valence-electron chi connectivity index (χ3n) is 5.93. The second kappa shape index (κ2) is 11.6. The molecule has 184 valence electrons. The Bertz CT molecular complexity index is 1130. The van der Waals surface area contributed by atoms with Crippen molar-refractivity contribution in [1.29, 1.82) is 0 Å². The zero-order chi connectivity index (χ0) is 24.8. The van der Waals surface area contributed by atoms with Crippen LogP contribution >= 0.6 is 23.2 Å². The molecule has 3 atom stereocenters. The van der Waals surface area contributed by atoms with Crippen LogP contribution in [-0.4, -0.2) is 56.5 Å². The van der Waals surface area contributed by atoms with E-state index >= 15 is 0 Å². The van der Waals surface area contributed by atoms with Crippen molar-refractivity contribution in [1.82, 2.24) is 30.8 Å². The molecular weight excluding hydrogens is 491 g/mol. The van der Waals surface area contributed by atoms with E-state index in [0.29, 0.717) is 22.3 Å². The lowest BCUT2D eigenvalue weighted by atomic mass is 9.90. The molecule has 0 saturated carbocycles. The van der Waals surface area contributed by atoms with Gasteiger partial charge in [-0.2, -0.15) is 5.21 Å². The Morgan fingerprint density at radius 1 is 1.14 bits per heavy atom. The van der Waals surface area contributed by atoms with Gasteiger partial charge < -0.3 is 15.0 Å². The highest BCUT2D eigenvalue weighted by molar-refractivity contribution is 6.30. The van der Waals surface area contributed by atoms with E-state index in [-0.39, 0.29) is 37.4 Å². The average molecular weight is 517 g/mol. The number of carbonyl (C=O) groups is 2. The van der Waals surface area contributed by atoms with Gasteiger partial charge >= 0.3 is 0 Å². The molecule has 9 nitrogen and oxygen atoms in total. The van der Waals surface area contributed by atoms with Crippen molar-refractivity contribution in [2.45, 2.75) is 44.4 Å². The van der Waals surface area contributed by atoms with Crippen molar-refractivity contribution in [3.63, 3.8) is 0 Å². The fourth-order valence-electron chi connectivity index (χ4n) is 4.35. The normalized spacial score (nSPS) is 18.9. The summed E-state index contributed by atoms with van der Waals surface area (Å²) in [6.07, 6.45) is 1.11. The lowest BCUT2D eigenvalue weighted by Crippen LogP contribution is -2.54. The second-order valence-corrected chi connectivity index (χ2v) is 9.20. The highest BCUT2D eigenvalue weighted by Crippen LogP contribution is 2.42. The van der Waals surface area contributed by atoms with Crippen molar-refractivity contribution in [2.24, 2.45) is 0 Å². The van der Waals surface area contributed by atoms with Crippen molar-refractivity contribution in [2.75, 3.05) is 13.2 Å². The quantitative estimate of drug-likeness (QED) is 0.448. The van der Waals surface area contributed by atoms with Crippen LogP contribution in [0.4, 0.5) is 0 Å². The van der Waals surface area contributed by atoms with Crippen LogP contribution in [0.3, 0.4) is 0 Å². The van der Waals surface area contributed by atoms with Crippen molar-refractivity contribution in [3.05, 3.63) is 75.5 Å². The SMILES string of the molecule is CCC[C@H](CNC(=O)Cc1nn[nH]n1)N1C(=O)CO[C@H](c2ccc(Cl)cc2)[C@@H]1c1ccc(Cl)cc1. The molecule has 11 heteroatoms. The molecule has 35 heavy (non-hydrogen) atoms. The van der Waals surface area contributed by atoms with Crippen LogP contribution in [0.15, 0.2) is 48.5 Å². The number of morpholine rings is 1. The summed E-state index contributed by atoms with van der Waals surface area (Å²) in [5.41, 5.74) is 1.80. The number of ether oxygens (including phenoxy) is 1. The first kappa shape index (κ1) is 25.1. The van der Waals surface area contributed by atoms with Crippen LogP contribution in [0, 0.1) is 0 Å². The van der Waals surface area contributed by atoms with Crippen LogP contribution in [0.5, 0.6) is 0 Å². The standard InChI is InChI=1S/C24H26Cl2N6O3/c1-2-3-19(13-27-21(33)12-20-28-30-31-29-20)32-22(34)14-35-24(16-6-10-18(26)11-7-16)23(32)15-4-8-17(25)9-5-15/h4-11,19,23-24H,2-3,12-14H2,1H3,(H,27,33)(H,28,29,30,31)/t19-,23+,24-/m1/s1. The monoisotopic (exact) mass is 516 g/mol. The largest absolute Gasteiger partial charge is 0.361 e. The van der Waals surface area contributed by atoms with Gasteiger partial charge in [0.05, 0.1) is 12.5 Å². The predicted molar refractivity (Wildman–Crippen MR) is 131 cm³/mol. The number of aromatic nitrogens is 4. The maximum absolute atomic E-state index is 13.3. The molecule has 1 saturated heterocycles. The molecule has 1 aliphatic heterocycles. The third-order valence-corrected chi connectivity index (χ3v) is 6.43. The highest BCUT2D eigenvalue weighted by atomic mass is 35.5. The summed E-state index contributed by atoms with van der Waals surface area (Å²) in [6.45, 7) is 2.27. The number of H-pyrrole nitrogens is 1. The number of carbonyl (C=O) groups excluding carboxylic acids is 2. The molecule has 2 N–H and O–H groups in total. The summed E-state index contributed by atoms with van der Waals surface area (Å²) in [5, 5.41) is 17.6. The molecule has 4 rings (SSSR count). The summed E-state index contributed by atoms with van der Waals surface area (Å²) in [7, 11) is 0. The number of nitrogens with one attached hydrogen (secondary N) is 2. The van der Waals surface area contributed by atoms with Gasteiger partial charge in [0.2, 0.25) is 11.8 Å². The molecule has 3 aromatic rings. The van der Waals surface area contributed by atoms with Gasteiger partial charge in [-0.25, -0.2) is 0 Å². The van der Waals surface area contributed by atoms with E-state index in [4.69, 9.17) is 27.9 Å². The first-order valence-corrected chi connectivity index (χ1v) is 12.1. The van der Waals surface area contributed by atoms with Crippen LogP contribution in [0.1, 0.15) is 48.9 Å². The van der Waals surface area contributed by atoms with Gasteiger partial charge in [0.1, 0.15) is 12.7 Å². The summed E-state index contributed by atoms with van der Waals surface area (Å²) >= 11 is 12.3. The molecule has 2 amide bonds. The molecule has 2 aromatic carbocycles. The molecule has 0 unspecified atom stereocenters. The van der Waals surface area contributed by atoms with Crippen LogP contribution in [0.25, 0.3) is 0 Å². The lowest BCUT2D eigenvalue weighted by molar-refractivity contribution is -0.163. The zero-order valence-electron chi connectivity index (χ0n) is 19.2. The summed E-state index contributed by atoms with van der Waals surface area (Å²) in [5.74, 6) is -0.0784. The van der Waals surface area contributed by atoms with E-state index < -0.39 is 12.1 Å². The van der Waals surface area contributed by atoms with E-state index in [1.165, 1.54) is 0 Å². The minimum atomic E-state index is -0.416. The summed E-state index contributed by atoms with van der Waals surface area (Å²) in [6, 6.07) is 14.2. The Hall–Kier alpha value is -3.01. The van der Waals surface area contributed by atoms with E-state index in [1.807, 2.05) is 48.2 Å². The number of nitrogens with zero attached hydrogens (tertiary/aromatic N) is 4. The molecule has 0 spiro atoms. The number of rotatable bonds is 9. The minimum absolute atomic E-state index is 0.000412. The number of tetrazole rings is 1. The van der Waals surface area contributed by atoms with E-state index in [1.54, 1.807) is 12.1 Å². The topological polar surface area (TPSA) is 113 Å². The maximum Gasteiger partial charge on any atom is 0.249 e. The molecular formula is C24H26Cl2N6O3. The van der Waals surface area contributed by atoms with E-state index in [9.17, 15) is 9.59 Å². The van der Waals surface area contributed by atoms with Crippen LogP contribution < -0.4 is 5.32 Å². The van der Waals surface area contributed by atoms with Gasteiger partial charge in [0.25, 0.3) is 0 Å². The van der Waals surface area contributed by atoms with Gasteiger partial charge in [-0.3, -0.25) is 9.59 Å². The molecule has 1 fully saturated rings. The Labute approximate surface area is 213 Å². The first-order valence-electron chi connectivity index (χ1n) is 11.4.